The maximum Gasteiger partial charge on any atom is 0.288 e. The van der Waals surface area contributed by atoms with Crippen molar-refractivity contribution in [1.82, 2.24) is 5.32 Å². The van der Waals surface area contributed by atoms with Crippen LogP contribution in [0.5, 0.6) is 0 Å². The summed E-state index contributed by atoms with van der Waals surface area (Å²) in [5.41, 5.74) is 3.37. The summed E-state index contributed by atoms with van der Waals surface area (Å²) in [5, 5.41) is 3.38. The first kappa shape index (κ1) is 16.0. The Balaban J connectivity index is 2.19. The lowest BCUT2D eigenvalue weighted by molar-refractivity contribution is 0.252. The van der Waals surface area contributed by atoms with Crippen molar-refractivity contribution in [3.05, 3.63) is 54.1 Å². The Hall–Kier alpha value is -1.39. The van der Waals surface area contributed by atoms with Crippen molar-refractivity contribution in [3.63, 3.8) is 0 Å². The van der Waals surface area contributed by atoms with Crippen LogP contribution in [-0.2, 0) is 0 Å². The Labute approximate surface area is 128 Å². The molecule has 1 N–H and O–H groups in total. The van der Waals surface area contributed by atoms with Crippen LogP contribution in [0, 0.1) is 0 Å². The van der Waals surface area contributed by atoms with E-state index in [1.807, 2.05) is 24.3 Å². The minimum atomic E-state index is -2.37. The maximum absolute atomic E-state index is 12.3. The van der Waals surface area contributed by atoms with Gasteiger partial charge < -0.3 is 5.32 Å². The van der Waals surface area contributed by atoms with Crippen LogP contribution in [0.2, 0.25) is 0 Å². The molecule has 0 aromatic heterocycles. The highest BCUT2D eigenvalue weighted by Gasteiger charge is 2.07. The third-order valence-corrected chi connectivity index (χ3v) is 4.03. The minimum Gasteiger partial charge on any atom is -0.310 e. The molecule has 0 fully saturated rings. The number of nitrogens with one attached hydrogen (secondary N) is 1. The molecule has 0 bridgehead atoms. The molecule has 0 spiro atoms. The number of rotatable bonds is 6. The van der Waals surface area contributed by atoms with Crippen LogP contribution in [0.1, 0.15) is 25.5 Å². The fourth-order valence-electron chi connectivity index (χ4n) is 2.24. The highest BCUT2D eigenvalue weighted by molar-refractivity contribution is 7.99. The topological polar surface area (TPSA) is 12.0 Å². The van der Waals surface area contributed by atoms with Gasteiger partial charge >= 0.3 is 0 Å². The SMILES string of the molecule is CCNC(C)c1cccc(-c2ccc(SC(F)F)cc2)c1. The second-order valence-corrected chi connectivity index (χ2v) is 5.87. The Morgan fingerprint density at radius 3 is 2.38 bits per heavy atom. The zero-order chi connectivity index (χ0) is 15.2. The smallest absolute Gasteiger partial charge is 0.288 e. The average Bonchev–Trinajstić information content (AvgIpc) is 2.48. The van der Waals surface area contributed by atoms with Gasteiger partial charge in [0.1, 0.15) is 0 Å². The number of hydrogen-bond donors (Lipinski definition) is 1. The van der Waals surface area contributed by atoms with Gasteiger partial charge in [-0.2, -0.15) is 8.78 Å². The van der Waals surface area contributed by atoms with E-state index in [0.29, 0.717) is 22.7 Å². The van der Waals surface area contributed by atoms with Crippen LogP contribution in [0.4, 0.5) is 8.78 Å². The first-order chi connectivity index (χ1) is 10.1. The van der Waals surface area contributed by atoms with Crippen molar-refractivity contribution in [1.29, 1.82) is 0 Å². The summed E-state index contributed by atoms with van der Waals surface area (Å²) in [4.78, 5) is 0.589. The van der Waals surface area contributed by atoms with E-state index in [1.165, 1.54) is 5.56 Å². The summed E-state index contributed by atoms with van der Waals surface area (Å²) in [5.74, 6) is -2.37. The number of alkyl halides is 2. The van der Waals surface area contributed by atoms with Crippen molar-refractivity contribution < 1.29 is 8.78 Å². The van der Waals surface area contributed by atoms with Crippen LogP contribution < -0.4 is 5.32 Å². The molecular weight excluding hydrogens is 288 g/mol. The number of hydrogen-bond acceptors (Lipinski definition) is 2. The van der Waals surface area contributed by atoms with E-state index in [4.69, 9.17) is 0 Å². The predicted octanol–water partition coefficient (Wildman–Crippen LogP) is 5.34. The first-order valence-electron chi connectivity index (χ1n) is 6.98. The molecule has 2 aromatic rings. The molecule has 1 unspecified atom stereocenters. The molecule has 0 aliphatic carbocycles. The molecule has 0 radical (unpaired) electrons. The highest BCUT2D eigenvalue weighted by atomic mass is 32.2. The van der Waals surface area contributed by atoms with E-state index in [1.54, 1.807) is 12.1 Å². The van der Waals surface area contributed by atoms with Crippen LogP contribution in [-0.4, -0.2) is 12.3 Å². The van der Waals surface area contributed by atoms with Gasteiger partial charge in [-0.3, -0.25) is 0 Å². The van der Waals surface area contributed by atoms with Gasteiger partial charge in [-0.15, -0.1) is 0 Å². The van der Waals surface area contributed by atoms with E-state index < -0.39 is 5.76 Å². The Morgan fingerprint density at radius 2 is 1.76 bits per heavy atom. The molecule has 0 amide bonds. The Morgan fingerprint density at radius 1 is 1.05 bits per heavy atom. The summed E-state index contributed by atoms with van der Waals surface area (Å²) in [6, 6.07) is 15.9. The quantitative estimate of drug-likeness (QED) is 0.723. The molecule has 0 heterocycles. The number of benzene rings is 2. The first-order valence-corrected chi connectivity index (χ1v) is 7.86. The van der Waals surface area contributed by atoms with E-state index in [9.17, 15) is 8.78 Å². The number of halogens is 2. The summed E-state index contributed by atoms with van der Waals surface area (Å²) < 4.78 is 24.6. The van der Waals surface area contributed by atoms with Crippen LogP contribution in [0.25, 0.3) is 11.1 Å². The van der Waals surface area contributed by atoms with Gasteiger partial charge in [0.2, 0.25) is 0 Å². The molecule has 0 aliphatic heterocycles. The fraction of sp³-hybridized carbons (Fsp3) is 0.294. The van der Waals surface area contributed by atoms with Crippen molar-refractivity contribution in [2.24, 2.45) is 0 Å². The molecule has 0 saturated heterocycles. The normalized spacial score (nSPS) is 12.6. The second-order valence-electron chi connectivity index (χ2n) is 4.81. The third kappa shape index (κ3) is 4.55. The second kappa shape index (κ2) is 7.57. The molecule has 2 rings (SSSR count). The summed E-state index contributed by atoms with van der Waals surface area (Å²) >= 11 is 0.574. The Kier molecular flexibility index (Phi) is 5.76. The summed E-state index contributed by atoms with van der Waals surface area (Å²) in [6.07, 6.45) is 0. The highest BCUT2D eigenvalue weighted by Crippen LogP contribution is 2.29. The van der Waals surface area contributed by atoms with Gasteiger partial charge in [-0.05, 0) is 48.4 Å². The van der Waals surface area contributed by atoms with E-state index in [2.05, 4.69) is 31.3 Å². The molecule has 0 saturated carbocycles. The number of thioether (sulfide) groups is 1. The van der Waals surface area contributed by atoms with E-state index in [0.717, 1.165) is 17.7 Å². The van der Waals surface area contributed by atoms with Crippen molar-refractivity contribution in [2.75, 3.05) is 6.54 Å². The molecule has 4 heteroatoms. The molecule has 1 nitrogen and oxygen atoms in total. The lowest BCUT2D eigenvalue weighted by Crippen LogP contribution is -2.17. The van der Waals surface area contributed by atoms with Crippen molar-refractivity contribution in [2.45, 2.75) is 30.5 Å². The zero-order valence-corrected chi connectivity index (χ0v) is 13.0. The molecule has 112 valence electrons. The van der Waals surface area contributed by atoms with Gasteiger partial charge in [0, 0.05) is 10.9 Å². The van der Waals surface area contributed by atoms with E-state index in [-0.39, 0.29) is 0 Å². The standard InChI is InChI=1S/C17H19F2NS/c1-3-20-12(2)14-5-4-6-15(11-14)13-7-9-16(10-8-13)21-17(18)19/h4-12,17,20H,3H2,1-2H3. The van der Waals surface area contributed by atoms with Gasteiger partial charge in [0.15, 0.2) is 0 Å². The predicted molar refractivity (Wildman–Crippen MR) is 85.8 cm³/mol. The van der Waals surface area contributed by atoms with Gasteiger partial charge in [0.05, 0.1) is 0 Å². The van der Waals surface area contributed by atoms with E-state index >= 15 is 0 Å². The third-order valence-electron chi connectivity index (χ3n) is 3.31. The van der Waals surface area contributed by atoms with Crippen LogP contribution >= 0.6 is 11.8 Å². The maximum atomic E-state index is 12.3. The molecule has 2 aromatic carbocycles. The minimum absolute atomic E-state index is 0.295. The lowest BCUT2D eigenvalue weighted by atomic mass is 10.0. The Bertz CT molecular complexity index is 569. The fourth-order valence-corrected chi connectivity index (χ4v) is 2.74. The van der Waals surface area contributed by atoms with Crippen LogP contribution in [0.15, 0.2) is 53.4 Å². The van der Waals surface area contributed by atoms with Crippen molar-refractivity contribution >= 4 is 11.8 Å². The summed E-state index contributed by atoms with van der Waals surface area (Å²) in [7, 11) is 0. The largest absolute Gasteiger partial charge is 0.310 e. The molecule has 1 atom stereocenters. The molecule has 21 heavy (non-hydrogen) atoms. The van der Waals surface area contributed by atoms with Gasteiger partial charge in [0.25, 0.3) is 5.76 Å². The summed E-state index contributed by atoms with van der Waals surface area (Å²) in [6.45, 7) is 5.13. The zero-order valence-electron chi connectivity index (χ0n) is 12.1. The molecule has 0 aliphatic rings. The molecular formula is C17H19F2NS. The van der Waals surface area contributed by atoms with Gasteiger partial charge in [-0.1, -0.05) is 49.0 Å². The average molecular weight is 307 g/mol. The van der Waals surface area contributed by atoms with Crippen molar-refractivity contribution in [3.8, 4) is 11.1 Å². The van der Waals surface area contributed by atoms with Crippen LogP contribution in [0.3, 0.4) is 0 Å². The monoisotopic (exact) mass is 307 g/mol. The lowest BCUT2D eigenvalue weighted by Gasteiger charge is -2.14. The van der Waals surface area contributed by atoms with Gasteiger partial charge in [-0.25, -0.2) is 0 Å².